The van der Waals surface area contributed by atoms with Crippen LogP contribution in [0, 0.1) is 5.41 Å². The number of rotatable bonds is 7. The highest BCUT2D eigenvalue weighted by Crippen LogP contribution is 2.38. The van der Waals surface area contributed by atoms with Gasteiger partial charge in [0, 0.05) is 32.7 Å². The Bertz CT molecular complexity index is 726. The largest absolute Gasteiger partial charge is 0.444 e. The molecule has 0 bridgehead atoms. The van der Waals surface area contributed by atoms with Crippen LogP contribution >= 0.6 is 0 Å². The van der Waals surface area contributed by atoms with Gasteiger partial charge in [0.2, 0.25) is 5.91 Å². The molecule has 0 aromatic heterocycles. The predicted molar refractivity (Wildman–Crippen MR) is 120 cm³/mol. The van der Waals surface area contributed by atoms with Crippen molar-refractivity contribution in [1.29, 1.82) is 0 Å². The molecule has 0 unspecified atom stereocenters. The van der Waals surface area contributed by atoms with Gasteiger partial charge in [0.25, 0.3) is 0 Å². The predicted octanol–water partition coefficient (Wildman–Crippen LogP) is 3.09. The number of ether oxygens (including phenoxy) is 2. The summed E-state index contributed by atoms with van der Waals surface area (Å²) in [7, 11) is 0. The molecule has 0 radical (unpaired) electrons. The molecule has 2 amide bonds. The zero-order valence-corrected chi connectivity index (χ0v) is 19.1. The maximum Gasteiger partial charge on any atom is 0.407 e. The standard InChI is InChI=1S/C24H37N3O4/c1-23(2,3)31-22(29)26-18-24(11-7-8-12-24)21(28)25-15-20-17-27(13-14-30-20)16-19-9-5-4-6-10-19/h4-6,9-10,20H,7-8,11-18H2,1-3H3,(H,25,28)(H,26,29)/t20-/m1/s1. The Hall–Kier alpha value is -2.12. The molecule has 7 nitrogen and oxygen atoms in total. The minimum atomic E-state index is -0.560. The topological polar surface area (TPSA) is 79.9 Å². The molecule has 1 saturated carbocycles. The van der Waals surface area contributed by atoms with Gasteiger partial charge in [-0.3, -0.25) is 9.69 Å². The van der Waals surface area contributed by atoms with E-state index < -0.39 is 17.1 Å². The van der Waals surface area contributed by atoms with E-state index in [0.717, 1.165) is 45.3 Å². The average Bonchev–Trinajstić information content (AvgIpc) is 3.21. The summed E-state index contributed by atoms with van der Waals surface area (Å²) in [5.41, 5.74) is 0.166. The SMILES string of the molecule is CC(C)(C)OC(=O)NCC1(C(=O)NC[C@@H]2CN(Cc3ccccc3)CCO2)CCCC1. The van der Waals surface area contributed by atoms with Crippen molar-refractivity contribution >= 4 is 12.0 Å². The molecule has 0 spiro atoms. The van der Waals surface area contributed by atoms with Gasteiger partial charge in [0.15, 0.2) is 0 Å². The fourth-order valence-corrected chi connectivity index (χ4v) is 4.37. The lowest BCUT2D eigenvalue weighted by Crippen LogP contribution is -2.52. The number of amides is 2. The van der Waals surface area contributed by atoms with E-state index in [9.17, 15) is 9.59 Å². The van der Waals surface area contributed by atoms with Crippen molar-refractivity contribution in [2.75, 3.05) is 32.8 Å². The van der Waals surface area contributed by atoms with Crippen LogP contribution in [-0.4, -0.2) is 61.4 Å². The smallest absolute Gasteiger partial charge is 0.407 e. The average molecular weight is 432 g/mol. The van der Waals surface area contributed by atoms with Gasteiger partial charge in [-0.05, 0) is 39.2 Å². The summed E-state index contributed by atoms with van der Waals surface area (Å²) in [6.07, 6.45) is 3.04. The van der Waals surface area contributed by atoms with Crippen molar-refractivity contribution in [3.8, 4) is 0 Å². The highest BCUT2D eigenvalue weighted by Gasteiger charge is 2.41. The summed E-state index contributed by atoms with van der Waals surface area (Å²) in [6, 6.07) is 10.4. The molecular weight excluding hydrogens is 394 g/mol. The van der Waals surface area contributed by atoms with Crippen LogP contribution in [0.3, 0.4) is 0 Å². The van der Waals surface area contributed by atoms with Crippen molar-refractivity contribution in [1.82, 2.24) is 15.5 Å². The second kappa shape index (κ2) is 10.5. The molecule has 1 aliphatic carbocycles. The fourth-order valence-electron chi connectivity index (χ4n) is 4.37. The Morgan fingerprint density at radius 1 is 1.16 bits per heavy atom. The molecule has 31 heavy (non-hydrogen) atoms. The molecule has 172 valence electrons. The lowest BCUT2D eigenvalue weighted by molar-refractivity contribution is -0.131. The number of nitrogens with zero attached hydrogens (tertiary/aromatic N) is 1. The summed E-state index contributed by atoms with van der Waals surface area (Å²) in [5, 5.41) is 5.92. The summed E-state index contributed by atoms with van der Waals surface area (Å²) < 4.78 is 11.2. The van der Waals surface area contributed by atoms with Crippen LogP contribution in [0.15, 0.2) is 30.3 Å². The first kappa shape index (κ1) is 23.5. The first-order valence-corrected chi connectivity index (χ1v) is 11.4. The van der Waals surface area contributed by atoms with E-state index in [-0.39, 0.29) is 12.0 Å². The first-order chi connectivity index (χ1) is 14.8. The molecule has 1 aromatic carbocycles. The second-order valence-electron chi connectivity index (χ2n) is 9.77. The number of alkyl carbamates (subject to hydrolysis) is 1. The van der Waals surface area contributed by atoms with Gasteiger partial charge >= 0.3 is 6.09 Å². The molecule has 2 fully saturated rings. The number of nitrogens with one attached hydrogen (secondary N) is 2. The summed E-state index contributed by atoms with van der Waals surface area (Å²) in [5.74, 6) is 0.00448. The first-order valence-electron chi connectivity index (χ1n) is 11.4. The third-order valence-corrected chi connectivity index (χ3v) is 5.97. The van der Waals surface area contributed by atoms with Gasteiger partial charge in [-0.2, -0.15) is 0 Å². The second-order valence-corrected chi connectivity index (χ2v) is 9.77. The van der Waals surface area contributed by atoms with Crippen LogP contribution in [-0.2, 0) is 20.8 Å². The highest BCUT2D eigenvalue weighted by atomic mass is 16.6. The minimum absolute atomic E-state index is 0.00448. The maximum absolute atomic E-state index is 13.1. The number of carbonyl (C=O) groups is 2. The zero-order chi connectivity index (χ0) is 22.3. The van der Waals surface area contributed by atoms with E-state index in [1.54, 1.807) is 0 Å². The van der Waals surface area contributed by atoms with E-state index >= 15 is 0 Å². The molecule has 2 N–H and O–H groups in total. The number of benzene rings is 1. The number of hydrogen-bond acceptors (Lipinski definition) is 5. The molecule has 1 heterocycles. The monoisotopic (exact) mass is 431 g/mol. The van der Waals surface area contributed by atoms with Crippen molar-refractivity contribution in [2.24, 2.45) is 5.41 Å². The molecule has 1 aliphatic heterocycles. The van der Waals surface area contributed by atoms with Gasteiger partial charge in [-0.1, -0.05) is 43.2 Å². The molecule has 1 saturated heterocycles. The van der Waals surface area contributed by atoms with Crippen LogP contribution in [0.4, 0.5) is 4.79 Å². The maximum atomic E-state index is 13.1. The Kier molecular flexibility index (Phi) is 7.94. The molecule has 3 rings (SSSR count). The number of carbonyl (C=O) groups excluding carboxylic acids is 2. The van der Waals surface area contributed by atoms with Crippen molar-refractivity contribution in [3.05, 3.63) is 35.9 Å². The van der Waals surface area contributed by atoms with E-state index in [2.05, 4.69) is 39.8 Å². The summed E-state index contributed by atoms with van der Waals surface area (Å²) in [6.45, 7) is 9.51. The molecular formula is C24H37N3O4. The molecule has 7 heteroatoms. The van der Waals surface area contributed by atoms with Crippen LogP contribution in [0.1, 0.15) is 52.0 Å². The van der Waals surface area contributed by atoms with Gasteiger partial charge < -0.3 is 20.1 Å². The number of hydrogen-bond donors (Lipinski definition) is 2. The third-order valence-electron chi connectivity index (χ3n) is 5.97. The minimum Gasteiger partial charge on any atom is -0.444 e. The van der Waals surface area contributed by atoms with Crippen molar-refractivity contribution < 1.29 is 19.1 Å². The van der Waals surface area contributed by atoms with Gasteiger partial charge in [-0.25, -0.2) is 4.79 Å². The van der Waals surface area contributed by atoms with Gasteiger partial charge in [0.1, 0.15) is 5.60 Å². The van der Waals surface area contributed by atoms with Crippen molar-refractivity contribution in [3.63, 3.8) is 0 Å². The van der Waals surface area contributed by atoms with Gasteiger partial charge in [0.05, 0.1) is 18.1 Å². The molecule has 1 atom stereocenters. The van der Waals surface area contributed by atoms with E-state index in [1.165, 1.54) is 5.56 Å². The lowest BCUT2D eigenvalue weighted by atomic mass is 9.85. The molecule has 1 aromatic rings. The fraction of sp³-hybridized carbons (Fsp3) is 0.667. The summed E-state index contributed by atoms with van der Waals surface area (Å²) in [4.78, 5) is 27.6. The van der Waals surface area contributed by atoms with Crippen molar-refractivity contribution in [2.45, 2.75) is 64.7 Å². The Morgan fingerprint density at radius 3 is 2.55 bits per heavy atom. The van der Waals surface area contributed by atoms with Crippen LogP contribution in [0.25, 0.3) is 0 Å². The Balaban J connectivity index is 1.48. The quantitative estimate of drug-likeness (QED) is 0.694. The van der Waals surface area contributed by atoms with E-state index in [1.807, 2.05) is 26.8 Å². The highest BCUT2D eigenvalue weighted by molar-refractivity contribution is 5.84. The zero-order valence-electron chi connectivity index (χ0n) is 19.1. The summed E-state index contributed by atoms with van der Waals surface area (Å²) >= 11 is 0. The van der Waals surface area contributed by atoms with E-state index in [4.69, 9.17) is 9.47 Å². The van der Waals surface area contributed by atoms with Crippen LogP contribution in [0.2, 0.25) is 0 Å². The third kappa shape index (κ3) is 7.21. The Labute approximate surface area is 185 Å². The Morgan fingerprint density at radius 2 is 1.87 bits per heavy atom. The molecule has 2 aliphatic rings. The lowest BCUT2D eigenvalue weighted by Gasteiger charge is -2.34. The van der Waals surface area contributed by atoms with Crippen LogP contribution < -0.4 is 10.6 Å². The van der Waals surface area contributed by atoms with Gasteiger partial charge in [-0.15, -0.1) is 0 Å². The number of morpholine rings is 1. The normalized spacial score (nSPS) is 21.5. The van der Waals surface area contributed by atoms with Crippen LogP contribution in [0.5, 0.6) is 0 Å². The van der Waals surface area contributed by atoms with E-state index in [0.29, 0.717) is 19.7 Å².